The lowest BCUT2D eigenvalue weighted by molar-refractivity contribution is 0.155. The molecular formula is C36H55NOS. The minimum atomic E-state index is 0.766. The summed E-state index contributed by atoms with van der Waals surface area (Å²) in [4.78, 5) is 0. The summed E-state index contributed by atoms with van der Waals surface area (Å²) >= 11 is 1.42. The number of rotatable bonds is 14. The molecule has 0 unspecified atom stereocenters. The van der Waals surface area contributed by atoms with Gasteiger partial charge in [-0.15, -0.1) is 0 Å². The SMILES string of the molecule is CCCCCC1CCC(C2CCC(c3ccc(-c4ccc(CCCN(C)SOC)cc4)c(CC)c3)CC2)CC1. The topological polar surface area (TPSA) is 12.5 Å². The summed E-state index contributed by atoms with van der Waals surface area (Å²) in [7, 11) is 3.81. The third-order valence-electron chi connectivity index (χ3n) is 9.93. The molecule has 0 aromatic heterocycles. The van der Waals surface area contributed by atoms with E-state index in [9.17, 15) is 0 Å². The van der Waals surface area contributed by atoms with Gasteiger partial charge >= 0.3 is 0 Å². The Morgan fingerprint density at radius 2 is 1.51 bits per heavy atom. The highest BCUT2D eigenvalue weighted by Gasteiger charge is 2.31. The maximum atomic E-state index is 5.13. The Labute approximate surface area is 245 Å². The Balaban J connectivity index is 1.27. The van der Waals surface area contributed by atoms with E-state index in [0.717, 1.165) is 49.5 Å². The van der Waals surface area contributed by atoms with Gasteiger partial charge in [0.1, 0.15) is 0 Å². The van der Waals surface area contributed by atoms with Crippen LogP contribution in [-0.2, 0) is 17.0 Å². The second kappa shape index (κ2) is 16.2. The van der Waals surface area contributed by atoms with Gasteiger partial charge in [0.15, 0.2) is 0 Å². The third-order valence-corrected chi connectivity index (χ3v) is 10.5. The summed E-state index contributed by atoms with van der Waals surface area (Å²) in [5.74, 6) is 3.83. The van der Waals surface area contributed by atoms with E-state index in [1.165, 1.54) is 112 Å². The molecule has 0 radical (unpaired) electrons. The van der Waals surface area contributed by atoms with Crippen molar-refractivity contribution in [3.63, 3.8) is 0 Å². The van der Waals surface area contributed by atoms with Crippen molar-refractivity contribution in [3.8, 4) is 11.1 Å². The summed E-state index contributed by atoms with van der Waals surface area (Å²) in [5.41, 5.74) is 7.33. The molecule has 2 fully saturated rings. The van der Waals surface area contributed by atoms with Crippen LogP contribution < -0.4 is 0 Å². The number of hydrogen-bond acceptors (Lipinski definition) is 3. The van der Waals surface area contributed by atoms with Crippen LogP contribution in [-0.4, -0.2) is 25.0 Å². The second-order valence-corrected chi connectivity index (χ2v) is 13.7. The van der Waals surface area contributed by atoms with E-state index < -0.39 is 0 Å². The molecule has 0 heterocycles. The molecule has 2 aliphatic rings. The fourth-order valence-electron chi connectivity index (χ4n) is 7.52. The molecule has 0 spiro atoms. The van der Waals surface area contributed by atoms with E-state index in [2.05, 4.69) is 67.7 Å². The van der Waals surface area contributed by atoms with Gasteiger partial charge in [-0.25, -0.2) is 4.31 Å². The van der Waals surface area contributed by atoms with Crippen LogP contribution in [0.15, 0.2) is 42.5 Å². The highest BCUT2D eigenvalue weighted by Crippen LogP contribution is 2.45. The number of hydrogen-bond donors (Lipinski definition) is 0. The van der Waals surface area contributed by atoms with Crippen LogP contribution in [0.1, 0.15) is 120 Å². The fraction of sp³-hybridized carbons (Fsp3) is 0.667. The molecule has 0 bridgehead atoms. The van der Waals surface area contributed by atoms with Crippen molar-refractivity contribution in [1.29, 1.82) is 0 Å². The first-order chi connectivity index (χ1) is 19.1. The number of nitrogens with zero attached hydrogens (tertiary/aromatic N) is 1. The van der Waals surface area contributed by atoms with Gasteiger partial charge in [0.2, 0.25) is 0 Å². The van der Waals surface area contributed by atoms with Crippen molar-refractivity contribution in [3.05, 3.63) is 59.2 Å². The van der Waals surface area contributed by atoms with Gasteiger partial charge in [-0.2, -0.15) is 0 Å². The lowest BCUT2D eigenvalue weighted by atomic mass is 9.68. The zero-order valence-electron chi connectivity index (χ0n) is 25.4. The van der Waals surface area contributed by atoms with Crippen LogP contribution >= 0.6 is 12.2 Å². The van der Waals surface area contributed by atoms with Gasteiger partial charge < -0.3 is 4.18 Å². The Morgan fingerprint density at radius 3 is 2.15 bits per heavy atom. The van der Waals surface area contributed by atoms with E-state index in [1.54, 1.807) is 12.7 Å². The Morgan fingerprint density at radius 1 is 0.821 bits per heavy atom. The molecule has 2 nitrogen and oxygen atoms in total. The van der Waals surface area contributed by atoms with Crippen molar-refractivity contribution in [1.82, 2.24) is 4.31 Å². The summed E-state index contributed by atoms with van der Waals surface area (Å²) < 4.78 is 7.28. The number of benzene rings is 2. The second-order valence-electron chi connectivity index (χ2n) is 12.6. The highest BCUT2D eigenvalue weighted by atomic mass is 32.2. The van der Waals surface area contributed by atoms with Gasteiger partial charge in [-0.05, 0) is 116 Å². The summed E-state index contributed by atoms with van der Waals surface area (Å²) in [6, 6.07) is 16.8. The molecular weight excluding hydrogens is 494 g/mol. The zero-order valence-corrected chi connectivity index (χ0v) is 26.2. The Bertz CT molecular complexity index is 957. The molecule has 216 valence electrons. The van der Waals surface area contributed by atoms with Crippen LogP contribution in [0, 0.1) is 17.8 Å². The van der Waals surface area contributed by atoms with Crippen molar-refractivity contribution in [2.75, 3.05) is 20.7 Å². The van der Waals surface area contributed by atoms with Crippen molar-refractivity contribution in [2.24, 2.45) is 17.8 Å². The average Bonchev–Trinajstić information content (AvgIpc) is 2.98. The van der Waals surface area contributed by atoms with E-state index in [4.69, 9.17) is 4.18 Å². The first-order valence-electron chi connectivity index (χ1n) is 16.2. The van der Waals surface area contributed by atoms with Crippen LogP contribution in [0.3, 0.4) is 0 Å². The molecule has 0 amide bonds. The van der Waals surface area contributed by atoms with E-state index in [-0.39, 0.29) is 0 Å². The van der Waals surface area contributed by atoms with Crippen LogP contribution in [0.5, 0.6) is 0 Å². The average molecular weight is 550 g/mol. The van der Waals surface area contributed by atoms with Crippen LogP contribution in [0.25, 0.3) is 11.1 Å². The predicted octanol–water partition coefficient (Wildman–Crippen LogP) is 10.7. The number of aryl methyl sites for hydroxylation is 2. The monoisotopic (exact) mass is 549 g/mol. The first kappa shape index (κ1) is 30.7. The van der Waals surface area contributed by atoms with E-state index in [1.807, 2.05) is 0 Å². The van der Waals surface area contributed by atoms with Gasteiger partial charge in [0.25, 0.3) is 0 Å². The van der Waals surface area contributed by atoms with Gasteiger partial charge in [0.05, 0.1) is 19.3 Å². The highest BCUT2D eigenvalue weighted by molar-refractivity contribution is 7.92. The first-order valence-corrected chi connectivity index (χ1v) is 16.9. The van der Waals surface area contributed by atoms with Crippen molar-refractivity contribution < 1.29 is 4.18 Å². The molecule has 2 aromatic carbocycles. The lowest BCUT2D eigenvalue weighted by Crippen LogP contribution is -2.25. The molecule has 0 saturated heterocycles. The minimum Gasteiger partial charge on any atom is -0.304 e. The lowest BCUT2D eigenvalue weighted by Gasteiger charge is -2.38. The maximum absolute atomic E-state index is 5.13. The smallest absolute Gasteiger partial charge is 0.0813 e. The molecule has 2 aromatic rings. The third kappa shape index (κ3) is 9.10. The molecule has 0 N–H and O–H groups in total. The standard InChI is InChI=1S/C36H55NOS/c1-5-7-8-10-28-12-16-31(17-13-28)32-20-22-33(23-21-32)35-24-25-36(30(6-2)27-35)34-18-14-29(15-19-34)11-9-26-37(3)39-38-4/h14-15,18-19,24-25,27-28,31-33H,5-13,16-17,20-23,26H2,1-4H3. The Hall–Kier alpha value is -1.29. The van der Waals surface area contributed by atoms with Crippen molar-refractivity contribution >= 4 is 12.2 Å². The summed E-state index contributed by atoms with van der Waals surface area (Å²) in [6.45, 7) is 5.68. The molecule has 2 aliphatic carbocycles. The maximum Gasteiger partial charge on any atom is 0.0813 e. The van der Waals surface area contributed by atoms with E-state index in [0.29, 0.717) is 0 Å². The molecule has 0 aliphatic heterocycles. The molecule has 4 rings (SSSR count). The molecule has 0 atom stereocenters. The predicted molar refractivity (Wildman–Crippen MR) is 171 cm³/mol. The normalized spacial score (nSPS) is 23.8. The van der Waals surface area contributed by atoms with Gasteiger partial charge in [0, 0.05) is 6.54 Å². The quantitative estimate of drug-likeness (QED) is 0.132. The van der Waals surface area contributed by atoms with Crippen molar-refractivity contribution in [2.45, 2.75) is 116 Å². The molecule has 2 saturated carbocycles. The number of unbranched alkanes of at least 4 members (excludes halogenated alkanes) is 2. The van der Waals surface area contributed by atoms with Crippen LogP contribution in [0.2, 0.25) is 0 Å². The van der Waals surface area contributed by atoms with Crippen LogP contribution in [0.4, 0.5) is 0 Å². The summed E-state index contributed by atoms with van der Waals surface area (Å²) in [6.07, 6.45) is 20.9. The minimum absolute atomic E-state index is 0.766. The van der Waals surface area contributed by atoms with E-state index >= 15 is 0 Å². The molecule has 39 heavy (non-hydrogen) atoms. The zero-order chi connectivity index (χ0) is 27.5. The molecule has 3 heteroatoms. The summed E-state index contributed by atoms with van der Waals surface area (Å²) in [5, 5.41) is 0. The van der Waals surface area contributed by atoms with Gasteiger partial charge in [-0.1, -0.05) is 94.8 Å². The Kier molecular flexibility index (Phi) is 12.8. The van der Waals surface area contributed by atoms with Gasteiger partial charge in [-0.3, -0.25) is 0 Å². The largest absolute Gasteiger partial charge is 0.304 e. The fourth-order valence-corrected chi connectivity index (χ4v) is 7.98.